The summed E-state index contributed by atoms with van der Waals surface area (Å²) in [4.78, 5) is 3.96. The van der Waals surface area contributed by atoms with E-state index >= 15 is 0 Å². The van der Waals surface area contributed by atoms with Crippen molar-refractivity contribution in [2.24, 2.45) is 0 Å². The van der Waals surface area contributed by atoms with Gasteiger partial charge in [-0.3, -0.25) is 4.90 Å². The van der Waals surface area contributed by atoms with Crippen molar-refractivity contribution in [2.45, 2.75) is 23.9 Å². The van der Waals surface area contributed by atoms with Crippen LogP contribution in [-0.2, 0) is 6.54 Å². The fraction of sp³-hybridized carbons (Fsp3) is 0.368. The molecule has 2 nitrogen and oxygen atoms in total. The van der Waals surface area contributed by atoms with Crippen LogP contribution in [0.1, 0.15) is 23.6 Å². The fourth-order valence-corrected chi connectivity index (χ4v) is 4.13. The standard InChI is InChI=1S/C19H24N2S/c1-21(13-12-20-15-16-7-3-2-4-8-16)18-11-14-22-19-10-6-5-9-17(18)19/h2-10,18,20H,11-15H2,1H3. The number of benzene rings is 2. The van der Waals surface area contributed by atoms with Crippen LogP contribution >= 0.6 is 11.8 Å². The van der Waals surface area contributed by atoms with Crippen molar-refractivity contribution in [1.82, 2.24) is 10.2 Å². The van der Waals surface area contributed by atoms with E-state index in [0.29, 0.717) is 6.04 Å². The third-order valence-electron chi connectivity index (χ3n) is 4.27. The summed E-state index contributed by atoms with van der Waals surface area (Å²) < 4.78 is 0. The molecule has 0 aromatic heterocycles. The molecule has 0 saturated carbocycles. The van der Waals surface area contributed by atoms with Crippen LogP contribution in [0.4, 0.5) is 0 Å². The minimum atomic E-state index is 0.566. The van der Waals surface area contributed by atoms with Crippen LogP contribution in [-0.4, -0.2) is 30.8 Å². The molecule has 1 aliphatic heterocycles. The molecule has 0 spiro atoms. The summed E-state index contributed by atoms with van der Waals surface area (Å²) in [5, 5.41) is 3.55. The molecule has 1 unspecified atom stereocenters. The van der Waals surface area contributed by atoms with E-state index < -0.39 is 0 Å². The van der Waals surface area contributed by atoms with E-state index in [9.17, 15) is 0 Å². The minimum absolute atomic E-state index is 0.566. The lowest BCUT2D eigenvalue weighted by atomic mass is 10.0. The van der Waals surface area contributed by atoms with Crippen LogP contribution in [0.15, 0.2) is 59.5 Å². The van der Waals surface area contributed by atoms with Crippen molar-refractivity contribution in [3.05, 3.63) is 65.7 Å². The van der Waals surface area contributed by atoms with Gasteiger partial charge in [0.2, 0.25) is 0 Å². The lowest BCUT2D eigenvalue weighted by molar-refractivity contribution is 0.235. The molecule has 116 valence electrons. The number of hydrogen-bond donors (Lipinski definition) is 1. The van der Waals surface area contributed by atoms with Crippen molar-refractivity contribution in [3.63, 3.8) is 0 Å². The summed E-state index contributed by atoms with van der Waals surface area (Å²) >= 11 is 1.99. The molecule has 0 saturated heterocycles. The van der Waals surface area contributed by atoms with Gasteiger partial charge in [-0.1, -0.05) is 48.5 Å². The van der Waals surface area contributed by atoms with Gasteiger partial charge < -0.3 is 5.32 Å². The van der Waals surface area contributed by atoms with E-state index in [1.807, 2.05) is 11.8 Å². The highest BCUT2D eigenvalue weighted by atomic mass is 32.2. The summed E-state index contributed by atoms with van der Waals surface area (Å²) in [6, 6.07) is 20.0. The predicted octanol–water partition coefficient (Wildman–Crippen LogP) is 3.95. The second-order valence-corrected chi connectivity index (χ2v) is 6.97. The van der Waals surface area contributed by atoms with Crippen LogP contribution in [0, 0.1) is 0 Å². The third-order valence-corrected chi connectivity index (χ3v) is 5.39. The zero-order valence-electron chi connectivity index (χ0n) is 13.2. The van der Waals surface area contributed by atoms with Crippen molar-refractivity contribution < 1.29 is 0 Å². The number of nitrogens with zero attached hydrogens (tertiary/aromatic N) is 1. The van der Waals surface area contributed by atoms with Crippen molar-refractivity contribution >= 4 is 11.8 Å². The highest BCUT2D eigenvalue weighted by Gasteiger charge is 2.23. The van der Waals surface area contributed by atoms with E-state index in [0.717, 1.165) is 19.6 Å². The van der Waals surface area contributed by atoms with Gasteiger partial charge in [0, 0.05) is 30.6 Å². The maximum absolute atomic E-state index is 3.55. The number of fused-ring (bicyclic) bond motifs is 1. The molecule has 3 rings (SSSR count). The molecule has 1 aliphatic rings. The largest absolute Gasteiger partial charge is 0.311 e. The van der Waals surface area contributed by atoms with Gasteiger partial charge in [0.25, 0.3) is 0 Å². The highest BCUT2D eigenvalue weighted by Crippen LogP contribution is 2.38. The van der Waals surface area contributed by atoms with Gasteiger partial charge in [0.1, 0.15) is 0 Å². The first-order valence-corrected chi connectivity index (χ1v) is 9.00. The number of nitrogens with one attached hydrogen (secondary N) is 1. The lowest BCUT2D eigenvalue weighted by Gasteiger charge is -2.33. The summed E-state index contributed by atoms with van der Waals surface area (Å²) in [5.74, 6) is 1.23. The molecule has 0 radical (unpaired) electrons. The Balaban J connectivity index is 1.49. The van der Waals surface area contributed by atoms with E-state index in [4.69, 9.17) is 0 Å². The summed E-state index contributed by atoms with van der Waals surface area (Å²) in [6.07, 6.45) is 1.25. The monoisotopic (exact) mass is 312 g/mol. The van der Waals surface area contributed by atoms with Crippen molar-refractivity contribution in [3.8, 4) is 0 Å². The molecule has 0 bridgehead atoms. The second-order valence-electron chi connectivity index (χ2n) is 5.83. The van der Waals surface area contributed by atoms with Crippen LogP contribution in [0.25, 0.3) is 0 Å². The number of rotatable bonds is 6. The quantitative estimate of drug-likeness (QED) is 0.813. The Labute approximate surface area is 137 Å². The maximum Gasteiger partial charge on any atom is 0.0364 e. The van der Waals surface area contributed by atoms with Crippen molar-refractivity contribution in [2.75, 3.05) is 25.9 Å². The molecule has 1 N–H and O–H groups in total. The Morgan fingerprint density at radius 2 is 1.86 bits per heavy atom. The molecule has 0 fully saturated rings. The first-order chi connectivity index (χ1) is 10.8. The van der Waals surface area contributed by atoms with Crippen LogP contribution in [0.3, 0.4) is 0 Å². The molecule has 2 aromatic carbocycles. The van der Waals surface area contributed by atoms with E-state index in [-0.39, 0.29) is 0 Å². The van der Waals surface area contributed by atoms with Gasteiger partial charge in [0.05, 0.1) is 0 Å². The molecular weight excluding hydrogens is 288 g/mol. The predicted molar refractivity (Wildman–Crippen MR) is 95.3 cm³/mol. The van der Waals surface area contributed by atoms with E-state index in [2.05, 4.69) is 71.9 Å². The average molecular weight is 312 g/mol. The first-order valence-electron chi connectivity index (χ1n) is 8.01. The molecule has 22 heavy (non-hydrogen) atoms. The average Bonchev–Trinajstić information content (AvgIpc) is 2.59. The van der Waals surface area contributed by atoms with E-state index in [1.165, 1.54) is 28.2 Å². The topological polar surface area (TPSA) is 15.3 Å². The normalized spacial score (nSPS) is 17.5. The number of thioether (sulfide) groups is 1. The zero-order valence-corrected chi connectivity index (χ0v) is 14.0. The van der Waals surface area contributed by atoms with Gasteiger partial charge in [-0.2, -0.15) is 0 Å². The summed E-state index contributed by atoms with van der Waals surface area (Å²) in [5.41, 5.74) is 2.86. The fourth-order valence-electron chi connectivity index (χ4n) is 3.02. The summed E-state index contributed by atoms with van der Waals surface area (Å²) in [7, 11) is 2.25. The zero-order chi connectivity index (χ0) is 15.2. The SMILES string of the molecule is CN(CCNCc1ccccc1)C1CCSc2ccccc21. The molecule has 2 aromatic rings. The number of hydrogen-bond acceptors (Lipinski definition) is 3. The maximum atomic E-state index is 3.55. The van der Waals surface area contributed by atoms with Gasteiger partial charge >= 0.3 is 0 Å². The molecule has 0 amide bonds. The van der Waals surface area contributed by atoms with Crippen molar-refractivity contribution in [1.29, 1.82) is 0 Å². The lowest BCUT2D eigenvalue weighted by Crippen LogP contribution is -2.33. The first kappa shape index (κ1) is 15.6. The van der Waals surface area contributed by atoms with Gasteiger partial charge in [0.15, 0.2) is 0 Å². The van der Waals surface area contributed by atoms with Crippen LogP contribution in [0.2, 0.25) is 0 Å². The smallest absolute Gasteiger partial charge is 0.0364 e. The Hall–Kier alpha value is -1.29. The Morgan fingerprint density at radius 1 is 1.09 bits per heavy atom. The van der Waals surface area contributed by atoms with E-state index in [1.54, 1.807) is 0 Å². The molecule has 1 heterocycles. The molecule has 1 atom stereocenters. The molecule has 0 aliphatic carbocycles. The molecule has 3 heteroatoms. The Morgan fingerprint density at radius 3 is 2.73 bits per heavy atom. The highest BCUT2D eigenvalue weighted by molar-refractivity contribution is 7.99. The number of likely N-dealkylation sites (N-methyl/N-ethyl adjacent to an activating group) is 1. The van der Waals surface area contributed by atoms with Gasteiger partial charge in [-0.15, -0.1) is 11.8 Å². The van der Waals surface area contributed by atoms with Crippen LogP contribution in [0.5, 0.6) is 0 Å². The minimum Gasteiger partial charge on any atom is -0.311 e. The third kappa shape index (κ3) is 3.92. The molecular formula is C19H24N2S. The van der Waals surface area contributed by atoms with Crippen LogP contribution < -0.4 is 5.32 Å². The van der Waals surface area contributed by atoms with Gasteiger partial charge in [-0.25, -0.2) is 0 Å². The Kier molecular flexibility index (Phi) is 5.54. The van der Waals surface area contributed by atoms with Gasteiger partial charge in [-0.05, 0) is 36.4 Å². The summed E-state index contributed by atoms with van der Waals surface area (Å²) in [6.45, 7) is 3.06. The second kappa shape index (κ2) is 7.82. The Bertz CT molecular complexity index is 585.